The summed E-state index contributed by atoms with van der Waals surface area (Å²) in [5.74, 6) is -0.801. The van der Waals surface area contributed by atoms with Crippen molar-refractivity contribution in [1.29, 1.82) is 0 Å². The van der Waals surface area contributed by atoms with Gasteiger partial charge in [0, 0.05) is 18.7 Å². The van der Waals surface area contributed by atoms with Crippen LogP contribution in [0.2, 0.25) is 0 Å². The van der Waals surface area contributed by atoms with E-state index in [9.17, 15) is 14.7 Å². The van der Waals surface area contributed by atoms with E-state index in [0.29, 0.717) is 31.0 Å². The molecular weight excluding hydrogens is 452 g/mol. The van der Waals surface area contributed by atoms with E-state index in [1.807, 2.05) is 75.3 Å². The zero-order valence-electron chi connectivity index (χ0n) is 21.2. The van der Waals surface area contributed by atoms with Crippen LogP contribution in [0.1, 0.15) is 33.9 Å². The Bertz CT molecular complexity index is 1280. The van der Waals surface area contributed by atoms with Crippen molar-refractivity contribution in [2.45, 2.75) is 26.5 Å². The zero-order chi connectivity index (χ0) is 25.8. The summed E-state index contributed by atoms with van der Waals surface area (Å²) in [6.45, 7) is 5.42. The van der Waals surface area contributed by atoms with Crippen LogP contribution in [0.15, 0.2) is 78.4 Å². The molecule has 1 N–H and O–H groups in total. The lowest BCUT2D eigenvalue weighted by atomic mass is 9.94. The average molecular weight is 485 g/mol. The van der Waals surface area contributed by atoms with Crippen LogP contribution < -0.4 is 4.74 Å². The van der Waals surface area contributed by atoms with Crippen molar-refractivity contribution in [2.75, 3.05) is 27.2 Å². The molecule has 1 fully saturated rings. The second kappa shape index (κ2) is 10.8. The van der Waals surface area contributed by atoms with Gasteiger partial charge in [0.2, 0.25) is 0 Å². The number of carbonyl (C=O) groups is 2. The van der Waals surface area contributed by atoms with E-state index >= 15 is 0 Å². The van der Waals surface area contributed by atoms with Crippen LogP contribution in [0.3, 0.4) is 0 Å². The number of hydrogen-bond acceptors (Lipinski definition) is 5. The largest absolute Gasteiger partial charge is 0.507 e. The summed E-state index contributed by atoms with van der Waals surface area (Å²) in [5.41, 5.74) is 4.67. The lowest BCUT2D eigenvalue weighted by Crippen LogP contribution is -2.35. The molecule has 3 aromatic rings. The number of hydrogen-bond donors (Lipinski definition) is 1. The van der Waals surface area contributed by atoms with Crippen LogP contribution in [0.4, 0.5) is 0 Å². The van der Waals surface area contributed by atoms with Gasteiger partial charge in [-0.1, -0.05) is 59.7 Å². The Morgan fingerprint density at radius 1 is 0.944 bits per heavy atom. The van der Waals surface area contributed by atoms with Crippen molar-refractivity contribution in [3.63, 3.8) is 0 Å². The number of amides is 1. The molecule has 0 radical (unpaired) electrons. The molecule has 1 amide bonds. The van der Waals surface area contributed by atoms with Crippen molar-refractivity contribution in [1.82, 2.24) is 9.80 Å². The average Bonchev–Trinajstić information content (AvgIpc) is 3.11. The van der Waals surface area contributed by atoms with Gasteiger partial charge in [-0.3, -0.25) is 9.59 Å². The molecule has 1 aliphatic rings. The molecule has 6 heteroatoms. The van der Waals surface area contributed by atoms with E-state index in [2.05, 4.69) is 6.07 Å². The third-order valence-corrected chi connectivity index (χ3v) is 6.34. The van der Waals surface area contributed by atoms with Gasteiger partial charge >= 0.3 is 0 Å². The maximum Gasteiger partial charge on any atom is 0.295 e. The molecule has 1 unspecified atom stereocenters. The van der Waals surface area contributed by atoms with E-state index in [4.69, 9.17) is 4.74 Å². The number of aryl methyl sites for hydroxylation is 2. The van der Waals surface area contributed by atoms with Gasteiger partial charge in [0.15, 0.2) is 0 Å². The minimum absolute atomic E-state index is 0.107. The fourth-order valence-electron chi connectivity index (χ4n) is 4.35. The molecule has 0 saturated carbocycles. The highest BCUT2D eigenvalue weighted by Crippen LogP contribution is 2.39. The monoisotopic (exact) mass is 484 g/mol. The van der Waals surface area contributed by atoms with Gasteiger partial charge in [0.1, 0.15) is 18.1 Å². The molecule has 4 rings (SSSR count). The maximum atomic E-state index is 13.1. The Kier molecular flexibility index (Phi) is 7.55. The number of Topliss-reactive ketones (excluding diaryl/α,β-unsaturated/α-hetero) is 1. The predicted molar refractivity (Wildman–Crippen MR) is 141 cm³/mol. The van der Waals surface area contributed by atoms with Gasteiger partial charge in [-0.15, -0.1) is 0 Å². The van der Waals surface area contributed by atoms with Crippen molar-refractivity contribution >= 4 is 17.4 Å². The topological polar surface area (TPSA) is 70.1 Å². The quantitative estimate of drug-likeness (QED) is 0.281. The van der Waals surface area contributed by atoms with E-state index in [-0.39, 0.29) is 11.3 Å². The number of benzene rings is 3. The van der Waals surface area contributed by atoms with Gasteiger partial charge in [-0.2, -0.15) is 0 Å². The van der Waals surface area contributed by atoms with Gasteiger partial charge < -0.3 is 19.6 Å². The molecule has 186 valence electrons. The summed E-state index contributed by atoms with van der Waals surface area (Å²) in [7, 11) is 3.83. The second-order valence-corrected chi connectivity index (χ2v) is 9.51. The number of ketones is 1. The fraction of sp³-hybridized carbons (Fsp3) is 0.267. The van der Waals surface area contributed by atoms with Crippen molar-refractivity contribution in [2.24, 2.45) is 0 Å². The van der Waals surface area contributed by atoms with Gasteiger partial charge in [0.05, 0.1) is 11.6 Å². The van der Waals surface area contributed by atoms with Crippen LogP contribution in [0.25, 0.3) is 5.76 Å². The molecule has 3 aromatic carbocycles. The van der Waals surface area contributed by atoms with Crippen LogP contribution in [0, 0.1) is 13.8 Å². The molecule has 1 aliphatic heterocycles. The van der Waals surface area contributed by atoms with Gasteiger partial charge in [-0.05, 0) is 63.3 Å². The first-order valence-corrected chi connectivity index (χ1v) is 12.0. The third-order valence-electron chi connectivity index (χ3n) is 6.34. The Hall–Kier alpha value is -3.90. The van der Waals surface area contributed by atoms with E-state index in [1.165, 1.54) is 5.56 Å². The second-order valence-electron chi connectivity index (χ2n) is 9.51. The van der Waals surface area contributed by atoms with Crippen LogP contribution in [-0.4, -0.2) is 53.8 Å². The molecule has 0 bridgehead atoms. The Morgan fingerprint density at radius 2 is 1.64 bits per heavy atom. The van der Waals surface area contributed by atoms with E-state index < -0.39 is 17.7 Å². The fourth-order valence-corrected chi connectivity index (χ4v) is 4.35. The summed E-state index contributed by atoms with van der Waals surface area (Å²) in [5, 5.41) is 11.2. The molecule has 0 spiro atoms. The van der Waals surface area contributed by atoms with Crippen molar-refractivity contribution in [3.05, 3.63) is 106 Å². The number of carbonyl (C=O) groups excluding carboxylic acids is 2. The van der Waals surface area contributed by atoms with Gasteiger partial charge in [-0.25, -0.2) is 0 Å². The standard InChI is InChI=1S/C30H32N2O4/c1-20-8-10-23(11-9-20)27-26(29(34)30(35)32(27)17-16-31(3)4)28(33)24-12-14-25(15-13-24)36-19-22-7-5-6-21(2)18-22/h5-15,18,27,33H,16-17,19H2,1-4H3/b28-26+. The number of nitrogens with zero attached hydrogens (tertiary/aromatic N) is 2. The number of likely N-dealkylation sites (tertiary alicyclic amines) is 1. The number of rotatable bonds is 8. The number of aliphatic hydroxyl groups excluding tert-OH is 1. The van der Waals surface area contributed by atoms with Crippen LogP contribution in [0.5, 0.6) is 5.75 Å². The minimum atomic E-state index is -0.670. The minimum Gasteiger partial charge on any atom is -0.507 e. The summed E-state index contributed by atoms with van der Waals surface area (Å²) in [6.07, 6.45) is 0. The Labute approximate surface area is 212 Å². The van der Waals surface area contributed by atoms with E-state index in [1.54, 1.807) is 29.2 Å². The number of aliphatic hydroxyl groups is 1. The molecule has 1 heterocycles. The lowest BCUT2D eigenvalue weighted by Gasteiger charge is -2.26. The summed E-state index contributed by atoms with van der Waals surface area (Å²) >= 11 is 0. The number of likely N-dealkylation sites (N-methyl/N-ethyl adjacent to an activating group) is 1. The highest BCUT2D eigenvalue weighted by Gasteiger charge is 2.45. The lowest BCUT2D eigenvalue weighted by molar-refractivity contribution is -0.140. The first-order valence-electron chi connectivity index (χ1n) is 12.0. The first kappa shape index (κ1) is 25.2. The predicted octanol–water partition coefficient (Wildman–Crippen LogP) is 4.87. The van der Waals surface area contributed by atoms with E-state index in [0.717, 1.165) is 16.7 Å². The molecule has 0 aliphatic carbocycles. The van der Waals surface area contributed by atoms with Crippen LogP contribution in [-0.2, 0) is 16.2 Å². The molecule has 1 atom stereocenters. The highest BCUT2D eigenvalue weighted by atomic mass is 16.5. The van der Waals surface area contributed by atoms with Crippen molar-refractivity contribution < 1.29 is 19.4 Å². The van der Waals surface area contributed by atoms with Crippen LogP contribution >= 0.6 is 0 Å². The summed E-state index contributed by atoms with van der Waals surface area (Å²) < 4.78 is 5.89. The smallest absolute Gasteiger partial charge is 0.295 e. The maximum absolute atomic E-state index is 13.1. The normalized spacial score (nSPS) is 17.1. The molecular formula is C30H32N2O4. The molecule has 1 saturated heterocycles. The van der Waals surface area contributed by atoms with Gasteiger partial charge in [0.25, 0.3) is 11.7 Å². The Morgan fingerprint density at radius 3 is 2.28 bits per heavy atom. The highest BCUT2D eigenvalue weighted by molar-refractivity contribution is 6.46. The molecule has 6 nitrogen and oxygen atoms in total. The summed E-state index contributed by atoms with van der Waals surface area (Å²) in [6, 6.07) is 22.1. The third kappa shape index (κ3) is 5.50. The number of ether oxygens (including phenoxy) is 1. The summed E-state index contributed by atoms with van der Waals surface area (Å²) in [4.78, 5) is 29.7. The Balaban J connectivity index is 1.64. The zero-order valence-corrected chi connectivity index (χ0v) is 21.2. The van der Waals surface area contributed by atoms with Crippen molar-refractivity contribution in [3.8, 4) is 5.75 Å². The molecule has 0 aromatic heterocycles. The molecule has 36 heavy (non-hydrogen) atoms. The first-order chi connectivity index (χ1) is 17.2. The SMILES string of the molecule is Cc1ccc(C2/C(=C(\O)c3ccc(OCc4cccc(C)c4)cc3)C(=O)C(=O)N2CCN(C)C)cc1.